The highest BCUT2D eigenvalue weighted by Crippen LogP contribution is 2.16. The SMILES string of the molecule is Cc1cnc(-c2cccnc2)n1C. The largest absolute Gasteiger partial charge is 0.331 e. The van der Waals surface area contributed by atoms with E-state index in [1.54, 1.807) is 6.20 Å². The van der Waals surface area contributed by atoms with Gasteiger partial charge in [-0.1, -0.05) is 0 Å². The molecule has 2 heterocycles. The summed E-state index contributed by atoms with van der Waals surface area (Å²) in [4.78, 5) is 8.37. The Labute approximate surface area is 77.1 Å². The van der Waals surface area contributed by atoms with Gasteiger partial charge in [0.05, 0.1) is 0 Å². The number of imidazole rings is 1. The van der Waals surface area contributed by atoms with E-state index >= 15 is 0 Å². The van der Waals surface area contributed by atoms with Crippen LogP contribution in [-0.4, -0.2) is 14.5 Å². The van der Waals surface area contributed by atoms with Crippen LogP contribution in [0, 0.1) is 6.92 Å². The Morgan fingerprint density at radius 3 is 2.69 bits per heavy atom. The van der Waals surface area contributed by atoms with Gasteiger partial charge >= 0.3 is 0 Å². The van der Waals surface area contributed by atoms with E-state index in [2.05, 4.69) is 14.5 Å². The Balaban J connectivity index is 2.53. The highest BCUT2D eigenvalue weighted by Gasteiger charge is 2.04. The molecule has 0 saturated carbocycles. The Kier molecular flexibility index (Phi) is 1.85. The van der Waals surface area contributed by atoms with Crippen molar-refractivity contribution in [2.24, 2.45) is 7.05 Å². The molecule has 0 spiro atoms. The number of rotatable bonds is 1. The molecule has 2 rings (SSSR count). The first kappa shape index (κ1) is 7.98. The number of pyridine rings is 1. The number of hydrogen-bond donors (Lipinski definition) is 0. The van der Waals surface area contributed by atoms with Gasteiger partial charge < -0.3 is 4.57 Å². The van der Waals surface area contributed by atoms with Gasteiger partial charge in [-0.15, -0.1) is 0 Å². The summed E-state index contributed by atoms with van der Waals surface area (Å²) < 4.78 is 2.05. The van der Waals surface area contributed by atoms with Crippen LogP contribution in [0.15, 0.2) is 30.7 Å². The van der Waals surface area contributed by atoms with Crippen LogP contribution >= 0.6 is 0 Å². The molecule has 0 radical (unpaired) electrons. The molecule has 0 unspecified atom stereocenters. The summed E-state index contributed by atoms with van der Waals surface area (Å²) in [6.45, 7) is 2.03. The predicted octanol–water partition coefficient (Wildman–Crippen LogP) is 1.79. The molecular formula is C10H11N3. The first-order chi connectivity index (χ1) is 6.29. The normalized spacial score (nSPS) is 10.3. The van der Waals surface area contributed by atoms with E-state index in [1.807, 2.05) is 38.5 Å². The van der Waals surface area contributed by atoms with Crippen LogP contribution in [0.3, 0.4) is 0 Å². The van der Waals surface area contributed by atoms with E-state index < -0.39 is 0 Å². The van der Waals surface area contributed by atoms with Gasteiger partial charge in [-0.25, -0.2) is 4.98 Å². The van der Waals surface area contributed by atoms with Crippen molar-refractivity contribution in [1.82, 2.24) is 14.5 Å². The van der Waals surface area contributed by atoms with Crippen LogP contribution in [-0.2, 0) is 7.05 Å². The van der Waals surface area contributed by atoms with Gasteiger partial charge in [0.15, 0.2) is 0 Å². The molecule has 0 N–H and O–H groups in total. The minimum Gasteiger partial charge on any atom is -0.331 e. The molecule has 2 aromatic heterocycles. The second-order valence-corrected chi connectivity index (χ2v) is 3.02. The van der Waals surface area contributed by atoms with Gasteiger partial charge in [0.2, 0.25) is 0 Å². The van der Waals surface area contributed by atoms with Crippen LogP contribution in [0.4, 0.5) is 0 Å². The summed E-state index contributed by atoms with van der Waals surface area (Å²) in [6, 6.07) is 3.92. The van der Waals surface area contributed by atoms with Crippen LogP contribution in [0.5, 0.6) is 0 Å². The van der Waals surface area contributed by atoms with Crippen molar-refractivity contribution in [1.29, 1.82) is 0 Å². The Morgan fingerprint density at radius 1 is 1.31 bits per heavy atom. The maximum absolute atomic E-state index is 4.31. The molecule has 0 amide bonds. The molecule has 3 heteroatoms. The van der Waals surface area contributed by atoms with E-state index in [-0.39, 0.29) is 0 Å². The molecule has 13 heavy (non-hydrogen) atoms. The van der Waals surface area contributed by atoms with Crippen molar-refractivity contribution in [3.8, 4) is 11.4 Å². The first-order valence-corrected chi connectivity index (χ1v) is 4.18. The lowest BCUT2D eigenvalue weighted by atomic mass is 10.3. The van der Waals surface area contributed by atoms with Crippen molar-refractivity contribution in [3.05, 3.63) is 36.4 Å². The Bertz CT molecular complexity index is 403. The van der Waals surface area contributed by atoms with Crippen molar-refractivity contribution >= 4 is 0 Å². The standard InChI is InChI=1S/C10H11N3/c1-8-6-12-10(13(8)2)9-4-3-5-11-7-9/h3-7H,1-2H3. The molecule has 0 aliphatic heterocycles. The predicted molar refractivity (Wildman–Crippen MR) is 51.2 cm³/mol. The molecule has 0 aliphatic rings. The minimum absolute atomic E-state index is 0.964. The van der Waals surface area contributed by atoms with E-state index in [0.29, 0.717) is 0 Å². The second-order valence-electron chi connectivity index (χ2n) is 3.02. The number of hydrogen-bond acceptors (Lipinski definition) is 2. The summed E-state index contributed by atoms with van der Waals surface area (Å²) in [5.41, 5.74) is 2.21. The van der Waals surface area contributed by atoms with Crippen LogP contribution in [0.25, 0.3) is 11.4 Å². The summed E-state index contributed by atoms with van der Waals surface area (Å²) in [5.74, 6) is 0.964. The smallest absolute Gasteiger partial charge is 0.141 e. The summed E-state index contributed by atoms with van der Waals surface area (Å²) in [7, 11) is 2.00. The van der Waals surface area contributed by atoms with Gasteiger partial charge in [0, 0.05) is 36.9 Å². The molecule has 0 aliphatic carbocycles. The van der Waals surface area contributed by atoms with Gasteiger partial charge in [0.25, 0.3) is 0 Å². The lowest BCUT2D eigenvalue weighted by Crippen LogP contribution is -1.94. The van der Waals surface area contributed by atoms with Crippen molar-refractivity contribution in [2.45, 2.75) is 6.92 Å². The monoisotopic (exact) mass is 173 g/mol. The average Bonchev–Trinajstić information content (AvgIpc) is 2.49. The molecule has 0 aromatic carbocycles. The first-order valence-electron chi connectivity index (χ1n) is 4.18. The summed E-state index contributed by atoms with van der Waals surface area (Å²) in [6.07, 6.45) is 5.45. The fourth-order valence-corrected chi connectivity index (χ4v) is 1.26. The number of aryl methyl sites for hydroxylation is 1. The van der Waals surface area contributed by atoms with Gasteiger partial charge in [-0.2, -0.15) is 0 Å². The van der Waals surface area contributed by atoms with Crippen molar-refractivity contribution in [3.63, 3.8) is 0 Å². The van der Waals surface area contributed by atoms with E-state index in [1.165, 1.54) is 0 Å². The van der Waals surface area contributed by atoms with Crippen molar-refractivity contribution in [2.75, 3.05) is 0 Å². The summed E-state index contributed by atoms with van der Waals surface area (Å²) in [5, 5.41) is 0. The molecule has 0 bridgehead atoms. The van der Waals surface area contributed by atoms with E-state index in [0.717, 1.165) is 17.1 Å². The maximum Gasteiger partial charge on any atom is 0.141 e. The van der Waals surface area contributed by atoms with Crippen LogP contribution < -0.4 is 0 Å². The summed E-state index contributed by atoms with van der Waals surface area (Å²) >= 11 is 0. The number of aromatic nitrogens is 3. The zero-order valence-corrected chi connectivity index (χ0v) is 7.73. The average molecular weight is 173 g/mol. The lowest BCUT2D eigenvalue weighted by molar-refractivity contribution is 0.883. The van der Waals surface area contributed by atoms with Gasteiger partial charge in [0.1, 0.15) is 5.82 Å². The molecule has 2 aromatic rings. The van der Waals surface area contributed by atoms with Crippen molar-refractivity contribution < 1.29 is 0 Å². The maximum atomic E-state index is 4.31. The Morgan fingerprint density at radius 2 is 2.15 bits per heavy atom. The highest BCUT2D eigenvalue weighted by atomic mass is 15.1. The molecule has 66 valence electrons. The number of nitrogens with zero attached hydrogens (tertiary/aromatic N) is 3. The fraction of sp³-hybridized carbons (Fsp3) is 0.200. The molecule has 3 nitrogen and oxygen atoms in total. The van der Waals surface area contributed by atoms with Crippen LogP contribution in [0.2, 0.25) is 0 Å². The van der Waals surface area contributed by atoms with E-state index in [4.69, 9.17) is 0 Å². The third kappa shape index (κ3) is 1.33. The molecule has 0 atom stereocenters. The fourth-order valence-electron chi connectivity index (χ4n) is 1.26. The second kappa shape index (κ2) is 3.01. The zero-order chi connectivity index (χ0) is 9.26. The van der Waals surface area contributed by atoms with Crippen LogP contribution in [0.1, 0.15) is 5.69 Å². The quantitative estimate of drug-likeness (QED) is 0.658. The Hall–Kier alpha value is -1.64. The third-order valence-corrected chi connectivity index (χ3v) is 2.14. The molecule has 0 saturated heterocycles. The van der Waals surface area contributed by atoms with Gasteiger partial charge in [-0.05, 0) is 19.1 Å². The molecular weight excluding hydrogens is 162 g/mol. The highest BCUT2D eigenvalue weighted by molar-refractivity contribution is 5.54. The third-order valence-electron chi connectivity index (χ3n) is 2.14. The zero-order valence-electron chi connectivity index (χ0n) is 7.73. The lowest BCUT2D eigenvalue weighted by Gasteiger charge is -2.01. The van der Waals surface area contributed by atoms with E-state index in [9.17, 15) is 0 Å². The topological polar surface area (TPSA) is 30.7 Å². The molecule has 0 fully saturated rings. The van der Waals surface area contributed by atoms with Gasteiger partial charge in [-0.3, -0.25) is 4.98 Å². The minimum atomic E-state index is 0.964.